The molecular weight excluding hydrogens is 571 g/mol. The topological polar surface area (TPSA) is 191 Å². The number of phenols is 1. The van der Waals surface area contributed by atoms with Crippen LogP contribution in [0, 0.1) is 6.92 Å². The number of rotatable bonds is 8. The van der Waals surface area contributed by atoms with Gasteiger partial charge in [0.1, 0.15) is 23.5 Å². The van der Waals surface area contributed by atoms with E-state index in [9.17, 15) is 29.7 Å². The average molecular weight is 608 g/mol. The Balaban J connectivity index is 0.00000337. The number of aromatic hydroxyl groups is 2. The predicted octanol–water partition coefficient (Wildman–Crippen LogP) is 2.92. The van der Waals surface area contributed by atoms with Crippen LogP contribution in [0.25, 0.3) is 11.0 Å². The van der Waals surface area contributed by atoms with Crippen LogP contribution in [0.15, 0.2) is 52.2 Å². The van der Waals surface area contributed by atoms with Crippen LogP contribution >= 0.6 is 0 Å². The van der Waals surface area contributed by atoms with Gasteiger partial charge in [-0.15, -0.1) is 6.58 Å². The number of ether oxygens (including phenoxy) is 3. The summed E-state index contributed by atoms with van der Waals surface area (Å²) in [4.78, 5) is 37.3. The molecule has 2 heterocycles. The van der Waals surface area contributed by atoms with Crippen molar-refractivity contribution >= 4 is 58.2 Å². The number of nitrogens with one attached hydrogen (secondary N) is 1. The number of nitrogens with two attached hydrogens (primary N) is 1. The minimum atomic E-state index is -1.30. The van der Waals surface area contributed by atoms with E-state index in [-0.39, 0.29) is 59.7 Å². The van der Waals surface area contributed by atoms with Crippen molar-refractivity contribution in [2.75, 3.05) is 12.4 Å². The molecular formula is C30H36N2NaO10. The maximum atomic E-state index is 12.9. The van der Waals surface area contributed by atoms with Crippen LogP contribution in [0.2, 0.25) is 0 Å². The van der Waals surface area contributed by atoms with Crippen molar-refractivity contribution in [2.24, 2.45) is 5.73 Å². The maximum Gasteiger partial charge on any atom is 0.404 e. The van der Waals surface area contributed by atoms with E-state index in [4.69, 9.17) is 24.4 Å². The molecule has 1 saturated heterocycles. The first-order chi connectivity index (χ1) is 19.8. The number of benzene rings is 2. The zero-order valence-electron chi connectivity index (χ0n) is 24.7. The van der Waals surface area contributed by atoms with Gasteiger partial charge in [0.15, 0.2) is 17.5 Å². The Kier molecular flexibility index (Phi) is 10.7. The van der Waals surface area contributed by atoms with Crippen molar-refractivity contribution in [1.29, 1.82) is 0 Å². The molecule has 227 valence electrons. The molecule has 12 nitrogen and oxygen atoms in total. The SMILES string of the molecule is C=CCc1cc(C(=O)Nc2c(O)c3ccc(C[C@@H]4OC(C)(C)[C@H](OC)[C@@H](OC(N)=O)[C@H]4O)c(C)c3oc2=O)ccc1O.[HH].[Na]. The molecule has 13 heteroatoms. The summed E-state index contributed by atoms with van der Waals surface area (Å²) >= 11 is 0. The number of aliphatic hydroxyl groups excluding tert-OH is 1. The Morgan fingerprint density at radius 3 is 2.53 bits per heavy atom. The van der Waals surface area contributed by atoms with Crippen molar-refractivity contribution < 1.29 is 45.0 Å². The van der Waals surface area contributed by atoms with Crippen molar-refractivity contribution in [1.82, 2.24) is 0 Å². The number of primary amides is 1. The summed E-state index contributed by atoms with van der Waals surface area (Å²) in [6.07, 6.45) is -3.10. The van der Waals surface area contributed by atoms with Gasteiger partial charge in [-0.1, -0.05) is 12.1 Å². The molecule has 1 aliphatic heterocycles. The fourth-order valence-corrected chi connectivity index (χ4v) is 5.36. The summed E-state index contributed by atoms with van der Waals surface area (Å²) in [5, 5.41) is 34.5. The minimum absolute atomic E-state index is 0. The number of fused-ring (bicyclic) bond motifs is 1. The van der Waals surface area contributed by atoms with Crippen molar-refractivity contribution in [3.63, 3.8) is 0 Å². The van der Waals surface area contributed by atoms with Gasteiger partial charge >= 0.3 is 11.7 Å². The standard InChI is InChI=1S/C30H34N2O10.Na.H2/c1-6-7-16-12-17(9-11-19(16)33)27(36)32-21-22(34)18-10-8-15(14(2)24(18)40-28(21)37)13-20-23(35)25(41-29(31)38)26(39-5)30(3,4)42-20;;/h6,8-12,20,23,25-26,33-35H,1,7,13H2,2-5H3,(H2,31,38)(H,32,36);;1H/t20-,23-,25-,26+;;/m0../s1. The number of phenolic OH excluding ortho intramolecular Hbond substituents is 1. The van der Waals surface area contributed by atoms with Gasteiger partial charge in [-0.3, -0.25) is 4.79 Å². The monoisotopic (exact) mass is 607 g/mol. The molecule has 6 N–H and O–H groups in total. The molecule has 1 aromatic heterocycles. The van der Waals surface area contributed by atoms with E-state index in [0.29, 0.717) is 23.1 Å². The van der Waals surface area contributed by atoms with E-state index < -0.39 is 59.1 Å². The van der Waals surface area contributed by atoms with Crippen LogP contribution < -0.4 is 16.7 Å². The number of aryl methyl sites for hydroxylation is 1. The molecule has 1 radical (unpaired) electrons. The molecule has 43 heavy (non-hydrogen) atoms. The molecule has 4 atom stereocenters. The third-order valence-electron chi connectivity index (χ3n) is 7.44. The summed E-state index contributed by atoms with van der Waals surface area (Å²) in [6.45, 7) is 8.76. The van der Waals surface area contributed by atoms with Crippen LogP contribution in [-0.2, 0) is 27.1 Å². The predicted molar refractivity (Wildman–Crippen MR) is 161 cm³/mol. The zero-order chi connectivity index (χ0) is 30.9. The second-order valence-electron chi connectivity index (χ2n) is 10.6. The molecule has 0 saturated carbocycles. The van der Waals surface area contributed by atoms with Gasteiger partial charge in [-0.25, -0.2) is 9.59 Å². The van der Waals surface area contributed by atoms with Crippen molar-refractivity contribution in [3.8, 4) is 11.5 Å². The van der Waals surface area contributed by atoms with E-state index in [1.807, 2.05) is 0 Å². The third kappa shape index (κ3) is 6.90. The number of carbonyl (C=O) groups excluding carboxylic acids is 2. The first-order valence-electron chi connectivity index (χ1n) is 13.2. The second-order valence-corrected chi connectivity index (χ2v) is 10.6. The largest absolute Gasteiger partial charge is 0.508 e. The van der Waals surface area contributed by atoms with Gasteiger partial charge in [-0.2, -0.15) is 0 Å². The molecule has 1 fully saturated rings. The number of anilines is 1. The number of methoxy groups -OCH3 is 1. The van der Waals surface area contributed by atoms with E-state index in [1.54, 1.807) is 32.9 Å². The molecule has 2 amide bonds. The Morgan fingerprint density at radius 1 is 1.21 bits per heavy atom. The zero-order valence-corrected chi connectivity index (χ0v) is 26.7. The van der Waals surface area contributed by atoms with Gasteiger partial charge in [0, 0.05) is 50.1 Å². The fraction of sp³-hybridized carbons (Fsp3) is 0.367. The van der Waals surface area contributed by atoms with Crippen LogP contribution in [0.1, 0.15) is 42.3 Å². The number of allylic oxidation sites excluding steroid dienone is 1. The second kappa shape index (κ2) is 13.5. The number of carbonyl (C=O) groups is 2. The van der Waals surface area contributed by atoms with Gasteiger partial charge in [0.2, 0.25) is 0 Å². The summed E-state index contributed by atoms with van der Waals surface area (Å²) in [7, 11) is 1.41. The number of amides is 2. The first-order valence-corrected chi connectivity index (χ1v) is 13.2. The Morgan fingerprint density at radius 2 is 1.91 bits per heavy atom. The molecule has 2 aromatic carbocycles. The van der Waals surface area contributed by atoms with Gasteiger partial charge in [0.25, 0.3) is 5.91 Å². The van der Waals surface area contributed by atoms with Crippen LogP contribution in [0.4, 0.5) is 10.5 Å². The minimum Gasteiger partial charge on any atom is -0.508 e. The van der Waals surface area contributed by atoms with E-state index >= 15 is 0 Å². The van der Waals surface area contributed by atoms with Gasteiger partial charge in [0.05, 0.1) is 17.1 Å². The Bertz CT molecular complexity index is 1610. The summed E-state index contributed by atoms with van der Waals surface area (Å²) in [5.74, 6) is -1.18. The van der Waals surface area contributed by atoms with Crippen molar-refractivity contribution in [3.05, 3.63) is 75.7 Å². The normalized spacial score (nSPS) is 21.0. The quantitative estimate of drug-likeness (QED) is 0.145. The van der Waals surface area contributed by atoms with Crippen LogP contribution in [-0.4, -0.2) is 94.0 Å². The first kappa shape index (κ1) is 34.1. The molecule has 0 spiro atoms. The van der Waals surface area contributed by atoms with E-state index in [0.717, 1.165) is 0 Å². The molecule has 0 unspecified atom stereocenters. The smallest absolute Gasteiger partial charge is 0.404 e. The fourth-order valence-electron chi connectivity index (χ4n) is 5.36. The van der Waals surface area contributed by atoms with Gasteiger partial charge in [-0.05, 0) is 68.1 Å². The maximum absolute atomic E-state index is 12.9. The molecule has 4 rings (SSSR count). The third-order valence-corrected chi connectivity index (χ3v) is 7.44. The molecule has 1 aliphatic rings. The molecule has 3 aromatic rings. The number of hydrogen-bond donors (Lipinski definition) is 5. The number of aliphatic hydroxyl groups is 1. The van der Waals surface area contributed by atoms with E-state index in [2.05, 4.69) is 11.9 Å². The Labute approximate surface area is 271 Å². The van der Waals surface area contributed by atoms with Crippen molar-refractivity contribution in [2.45, 2.75) is 63.6 Å². The Hall–Kier alpha value is -3.39. The van der Waals surface area contributed by atoms with Gasteiger partial charge < -0.3 is 45.0 Å². The number of hydrogen-bond acceptors (Lipinski definition) is 10. The summed E-state index contributed by atoms with van der Waals surface area (Å²) < 4.78 is 22.3. The average Bonchev–Trinajstić information content (AvgIpc) is 2.92. The summed E-state index contributed by atoms with van der Waals surface area (Å²) in [5.41, 5.74) is 4.65. The van der Waals surface area contributed by atoms with E-state index in [1.165, 1.54) is 31.4 Å². The summed E-state index contributed by atoms with van der Waals surface area (Å²) in [6, 6.07) is 7.38. The molecule has 0 aliphatic carbocycles. The molecule has 0 bridgehead atoms. The van der Waals surface area contributed by atoms with Crippen LogP contribution in [0.3, 0.4) is 0 Å². The van der Waals surface area contributed by atoms with Crippen LogP contribution in [0.5, 0.6) is 11.5 Å².